The van der Waals surface area contributed by atoms with Gasteiger partial charge >= 0.3 is 0 Å². The van der Waals surface area contributed by atoms with E-state index in [9.17, 15) is 0 Å². The monoisotopic (exact) mass is 246 g/mol. The van der Waals surface area contributed by atoms with Crippen LogP contribution in [0.25, 0.3) is 10.9 Å². The molecule has 0 bridgehead atoms. The summed E-state index contributed by atoms with van der Waals surface area (Å²) in [6, 6.07) is 5.71. The Balaban J connectivity index is 2.33. The van der Waals surface area contributed by atoms with Crippen molar-refractivity contribution in [2.24, 2.45) is 0 Å². The van der Waals surface area contributed by atoms with E-state index in [1.165, 1.54) is 6.33 Å². The number of anilines is 1. The van der Waals surface area contributed by atoms with Crippen LogP contribution in [0.4, 0.5) is 5.82 Å². The molecule has 0 saturated carbocycles. The number of nitrogens with two attached hydrogens (primary N) is 1. The molecule has 0 radical (unpaired) electrons. The lowest BCUT2D eigenvalue weighted by Crippen LogP contribution is -2.28. The van der Waals surface area contributed by atoms with E-state index in [0.29, 0.717) is 5.82 Å². The van der Waals surface area contributed by atoms with E-state index < -0.39 is 0 Å². The lowest BCUT2D eigenvalue weighted by molar-refractivity contribution is 0.179. The molecule has 0 aliphatic carbocycles. The van der Waals surface area contributed by atoms with Crippen molar-refractivity contribution in [3.05, 3.63) is 24.5 Å². The molecule has 1 aromatic carbocycles. The molecular weight excluding hydrogens is 228 g/mol. The van der Waals surface area contributed by atoms with Crippen LogP contribution >= 0.6 is 0 Å². The first-order valence-corrected chi connectivity index (χ1v) is 5.88. The van der Waals surface area contributed by atoms with Crippen molar-refractivity contribution in [3.8, 4) is 5.75 Å². The summed E-state index contributed by atoms with van der Waals surface area (Å²) in [5.41, 5.74) is 6.70. The molecule has 2 rings (SSSR count). The van der Waals surface area contributed by atoms with Crippen molar-refractivity contribution in [2.75, 3.05) is 26.4 Å². The molecule has 5 heteroatoms. The topological polar surface area (TPSA) is 64.3 Å². The van der Waals surface area contributed by atoms with Crippen LogP contribution in [0.15, 0.2) is 24.5 Å². The highest BCUT2D eigenvalue weighted by atomic mass is 16.5. The quantitative estimate of drug-likeness (QED) is 0.886. The molecule has 1 atom stereocenters. The third kappa shape index (κ3) is 2.68. The first-order chi connectivity index (χ1) is 8.58. The summed E-state index contributed by atoms with van der Waals surface area (Å²) in [5.74, 6) is 1.19. The normalized spacial score (nSPS) is 12.9. The van der Waals surface area contributed by atoms with E-state index in [0.717, 1.165) is 23.2 Å². The number of nitrogen functional groups attached to an aromatic ring is 1. The Morgan fingerprint density at radius 3 is 2.83 bits per heavy atom. The predicted octanol–water partition coefficient (Wildman–Crippen LogP) is 1.54. The van der Waals surface area contributed by atoms with Crippen molar-refractivity contribution >= 4 is 16.7 Å². The zero-order chi connectivity index (χ0) is 13.1. The van der Waals surface area contributed by atoms with Crippen molar-refractivity contribution in [1.29, 1.82) is 0 Å². The Bertz CT molecular complexity index is 536. The Morgan fingerprint density at radius 2 is 2.11 bits per heavy atom. The number of nitrogens with zero attached hydrogens (tertiary/aromatic N) is 3. The number of fused-ring (bicyclic) bond motifs is 1. The fourth-order valence-electron chi connectivity index (χ4n) is 1.97. The highest BCUT2D eigenvalue weighted by molar-refractivity contribution is 5.93. The maximum atomic E-state index is 5.92. The van der Waals surface area contributed by atoms with Gasteiger partial charge in [0.1, 0.15) is 24.0 Å². The lowest BCUT2D eigenvalue weighted by Gasteiger charge is -2.19. The van der Waals surface area contributed by atoms with Crippen molar-refractivity contribution < 1.29 is 4.74 Å². The van der Waals surface area contributed by atoms with Crippen LogP contribution in [0.2, 0.25) is 0 Å². The average molecular weight is 246 g/mol. The summed E-state index contributed by atoms with van der Waals surface area (Å²) in [4.78, 5) is 10.3. The SMILES string of the molecule is C[C@H](CN(C)C)Oc1cccc2ncnc(N)c12. The summed E-state index contributed by atoms with van der Waals surface area (Å²) in [5, 5.41) is 0.783. The predicted molar refractivity (Wildman–Crippen MR) is 72.6 cm³/mol. The Morgan fingerprint density at radius 1 is 1.33 bits per heavy atom. The number of hydrogen-bond acceptors (Lipinski definition) is 5. The minimum atomic E-state index is 0.0743. The van der Waals surface area contributed by atoms with Crippen LogP contribution in [-0.2, 0) is 0 Å². The molecule has 1 aromatic heterocycles. The van der Waals surface area contributed by atoms with E-state index in [2.05, 4.69) is 14.9 Å². The van der Waals surface area contributed by atoms with Gasteiger partial charge < -0.3 is 15.4 Å². The maximum Gasteiger partial charge on any atom is 0.138 e. The molecule has 0 spiro atoms. The van der Waals surface area contributed by atoms with Gasteiger partial charge in [0.2, 0.25) is 0 Å². The Hall–Kier alpha value is -1.88. The van der Waals surface area contributed by atoms with E-state index in [1.807, 2.05) is 39.2 Å². The molecular formula is C13H18N4O. The summed E-state index contributed by atoms with van der Waals surface area (Å²) in [6.07, 6.45) is 1.54. The number of ether oxygens (including phenoxy) is 1. The van der Waals surface area contributed by atoms with Crippen LogP contribution in [0, 0.1) is 0 Å². The molecule has 0 amide bonds. The zero-order valence-corrected chi connectivity index (χ0v) is 10.9. The van der Waals surface area contributed by atoms with Crippen molar-refractivity contribution in [3.63, 3.8) is 0 Å². The van der Waals surface area contributed by atoms with Gasteiger partial charge in [-0.1, -0.05) is 6.07 Å². The fourth-order valence-corrected chi connectivity index (χ4v) is 1.97. The molecule has 0 aliphatic heterocycles. The van der Waals surface area contributed by atoms with Crippen LogP contribution in [0.5, 0.6) is 5.75 Å². The Kier molecular flexibility index (Phi) is 3.62. The van der Waals surface area contributed by atoms with E-state index in [-0.39, 0.29) is 6.10 Å². The second-order valence-corrected chi connectivity index (χ2v) is 4.60. The molecule has 18 heavy (non-hydrogen) atoms. The smallest absolute Gasteiger partial charge is 0.138 e. The van der Waals surface area contributed by atoms with Gasteiger partial charge in [-0.25, -0.2) is 9.97 Å². The van der Waals surface area contributed by atoms with Gasteiger partial charge in [-0.15, -0.1) is 0 Å². The van der Waals surface area contributed by atoms with Crippen LogP contribution in [0.3, 0.4) is 0 Å². The van der Waals surface area contributed by atoms with Gasteiger partial charge in [0.15, 0.2) is 0 Å². The second kappa shape index (κ2) is 5.18. The van der Waals surface area contributed by atoms with Gasteiger partial charge in [-0.3, -0.25) is 0 Å². The van der Waals surface area contributed by atoms with Gasteiger partial charge in [-0.2, -0.15) is 0 Å². The highest BCUT2D eigenvalue weighted by Gasteiger charge is 2.11. The number of aromatic nitrogens is 2. The molecule has 2 aromatic rings. The Labute approximate surface area is 107 Å². The van der Waals surface area contributed by atoms with Crippen LogP contribution < -0.4 is 10.5 Å². The first kappa shape index (κ1) is 12.6. The highest BCUT2D eigenvalue weighted by Crippen LogP contribution is 2.28. The summed E-state index contributed by atoms with van der Waals surface area (Å²) >= 11 is 0. The molecule has 0 fully saturated rings. The number of likely N-dealkylation sites (N-methyl/N-ethyl adjacent to an activating group) is 1. The summed E-state index contributed by atoms with van der Waals surface area (Å²) < 4.78 is 5.92. The fraction of sp³-hybridized carbons (Fsp3) is 0.385. The van der Waals surface area contributed by atoms with E-state index in [4.69, 9.17) is 10.5 Å². The molecule has 0 aliphatic rings. The number of benzene rings is 1. The standard InChI is InChI=1S/C13H18N4O/c1-9(7-17(2)3)18-11-6-4-5-10-12(11)13(14)16-8-15-10/h4-6,8-9H,7H2,1-3H3,(H2,14,15,16)/t9-/m1/s1. The van der Waals surface area contributed by atoms with Gasteiger partial charge in [0.05, 0.1) is 10.9 Å². The summed E-state index contributed by atoms with van der Waals surface area (Å²) in [6.45, 7) is 2.86. The number of hydrogen-bond donors (Lipinski definition) is 1. The van der Waals surface area contributed by atoms with E-state index in [1.54, 1.807) is 0 Å². The lowest BCUT2D eigenvalue weighted by atomic mass is 10.2. The van der Waals surface area contributed by atoms with Gasteiger partial charge in [0, 0.05) is 6.54 Å². The minimum Gasteiger partial charge on any atom is -0.489 e. The molecule has 0 saturated heterocycles. The third-order valence-electron chi connectivity index (χ3n) is 2.60. The number of rotatable bonds is 4. The summed E-state index contributed by atoms with van der Waals surface area (Å²) in [7, 11) is 4.03. The first-order valence-electron chi connectivity index (χ1n) is 5.88. The molecule has 5 nitrogen and oxygen atoms in total. The average Bonchev–Trinajstić information content (AvgIpc) is 2.28. The van der Waals surface area contributed by atoms with Gasteiger partial charge in [0.25, 0.3) is 0 Å². The van der Waals surface area contributed by atoms with Crippen molar-refractivity contribution in [2.45, 2.75) is 13.0 Å². The molecule has 1 heterocycles. The molecule has 2 N–H and O–H groups in total. The van der Waals surface area contributed by atoms with Crippen LogP contribution in [-0.4, -0.2) is 41.6 Å². The third-order valence-corrected chi connectivity index (χ3v) is 2.60. The second-order valence-electron chi connectivity index (χ2n) is 4.60. The van der Waals surface area contributed by atoms with E-state index >= 15 is 0 Å². The van der Waals surface area contributed by atoms with Crippen molar-refractivity contribution in [1.82, 2.24) is 14.9 Å². The minimum absolute atomic E-state index is 0.0743. The largest absolute Gasteiger partial charge is 0.489 e. The molecule has 0 unspecified atom stereocenters. The zero-order valence-electron chi connectivity index (χ0n) is 10.9. The molecule has 96 valence electrons. The van der Waals surface area contributed by atoms with Gasteiger partial charge in [-0.05, 0) is 33.2 Å². The van der Waals surface area contributed by atoms with Crippen LogP contribution in [0.1, 0.15) is 6.92 Å². The maximum absolute atomic E-state index is 5.92.